The van der Waals surface area contributed by atoms with Gasteiger partial charge in [0, 0.05) is 12.7 Å². The van der Waals surface area contributed by atoms with E-state index in [0.29, 0.717) is 12.0 Å². The van der Waals surface area contributed by atoms with Crippen LogP contribution in [0.4, 0.5) is 0 Å². The number of ether oxygens (including phenoxy) is 1. The highest BCUT2D eigenvalue weighted by Gasteiger charge is 2.25. The van der Waals surface area contributed by atoms with E-state index in [1.165, 1.54) is 68.6 Å². The molecule has 2 heteroatoms. The van der Waals surface area contributed by atoms with Gasteiger partial charge in [-0.05, 0) is 86.7 Å². The maximum absolute atomic E-state index is 8.51. The molecule has 2 aliphatic rings. The summed E-state index contributed by atoms with van der Waals surface area (Å²) in [7, 11) is 0. The van der Waals surface area contributed by atoms with Gasteiger partial charge >= 0.3 is 0 Å². The fraction of sp³-hybridized carbons (Fsp3) is 0.577. The molecule has 0 radical (unpaired) electrons. The molecule has 150 valence electrons. The maximum atomic E-state index is 8.51. The summed E-state index contributed by atoms with van der Waals surface area (Å²) < 4.78 is 6.33. The van der Waals surface area contributed by atoms with E-state index in [9.17, 15) is 0 Å². The van der Waals surface area contributed by atoms with Crippen molar-refractivity contribution in [1.82, 2.24) is 0 Å². The minimum absolute atomic E-state index is 0.472. The first-order valence-electron chi connectivity index (χ1n) is 11.2. The van der Waals surface area contributed by atoms with E-state index in [1.54, 1.807) is 0 Å². The fourth-order valence-electron chi connectivity index (χ4n) is 4.73. The molecule has 2 saturated carbocycles. The Labute approximate surface area is 171 Å². The van der Waals surface area contributed by atoms with Gasteiger partial charge in [-0.2, -0.15) is 5.26 Å². The molecule has 0 saturated heterocycles. The van der Waals surface area contributed by atoms with Gasteiger partial charge in [-0.25, -0.2) is 0 Å². The Kier molecular flexibility index (Phi) is 8.37. The molecule has 0 unspecified atom stereocenters. The normalized spacial score (nSPS) is 28.6. The molecule has 2 aliphatic carbocycles. The summed E-state index contributed by atoms with van der Waals surface area (Å²) in [6, 6.07) is 11.3. The first-order chi connectivity index (χ1) is 13.8. The Balaban J connectivity index is 1.33. The molecule has 0 heterocycles. The number of hydrogen-bond donors (Lipinski definition) is 0. The van der Waals surface area contributed by atoms with E-state index in [0.717, 1.165) is 24.9 Å². The molecular formula is C26H35NO. The summed E-state index contributed by atoms with van der Waals surface area (Å²) in [5.41, 5.74) is 2.95. The molecule has 2 nitrogen and oxygen atoms in total. The van der Waals surface area contributed by atoms with Crippen molar-refractivity contribution in [3.05, 3.63) is 59.7 Å². The highest BCUT2D eigenvalue weighted by atomic mass is 16.5. The van der Waals surface area contributed by atoms with Gasteiger partial charge in [0.05, 0.1) is 12.2 Å². The molecule has 0 amide bonds. The van der Waals surface area contributed by atoms with Crippen LogP contribution in [0.3, 0.4) is 0 Å². The number of hydrogen-bond acceptors (Lipinski definition) is 2. The summed E-state index contributed by atoms with van der Waals surface area (Å²) in [6.45, 7) is 3.17. The van der Waals surface area contributed by atoms with Crippen LogP contribution < -0.4 is 0 Å². The lowest BCUT2D eigenvalue weighted by Gasteiger charge is -2.32. The molecule has 1 aromatic carbocycles. The average molecular weight is 378 g/mol. The lowest BCUT2D eigenvalue weighted by Crippen LogP contribution is -2.25. The standard InChI is InChI=1S/C26H35NO/c1-2-21-11-13-24(14-12-21)25-15-17-26(18-16-25)28-20-23-9-7-22(8-10-23)6-4-3-5-19-27/h3-6,11-14,22-23,25-26H,2,7-10,15-18,20H2,1H3/t22-,23-,25-,26-. The Morgan fingerprint density at radius 3 is 2.32 bits per heavy atom. The number of allylic oxidation sites excluding steroid dienone is 4. The molecule has 0 spiro atoms. The van der Waals surface area contributed by atoms with E-state index in [1.807, 2.05) is 18.2 Å². The Morgan fingerprint density at radius 2 is 1.68 bits per heavy atom. The maximum Gasteiger partial charge on any atom is 0.0912 e. The molecule has 0 bridgehead atoms. The van der Waals surface area contributed by atoms with Crippen molar-refractivity contribution < 1.29 is 4.74 Å². The van der Waals surface area contributed by atoms with Crippen molar-refractivity contribution in [2.75, 3.05) is 6.61 Å². The Morgan fingerprint density at radius 1 is 0.964 bits per heavy atom. The van der Waals surface area contributed by atoms with Gasteiger partial charge in [0.15, 0.2) is 0 Å². The molecule has 28 heavy (non-hydrogen) atoms. The Bertz CT molecular complexity index is 665. The molecule has 0 atom stereocenters. The number of aryl methyl sites for hydroxylation is 1. The predicted molar refractivity (Wildman–Crippen MR) is 116 cm³/mol. The van der Waals surface area contributed by atoms with Gasteiger partial charge in [0.1, 0.15) is 0 Å². The summed E-state index contributed by atoms with van der Waals surface area (Å²) in [5.74, 6) is 2.14. The smallest absolute Gasteiger partial charge is 0.0912 e. The zero-order valence-corrected chi connectivity index (χ0v) is 17.4. The van der Waals surface area contributed by atoms with Crippen LogP contribution in [0, 0.1) is 23.2 Å². The van der Waals surface area contributed by atoms with Gasteiger partial charge in [-0.15, -0.1) is 0 Å². The number of nitrogens with zero attached hydrogens (tertiary/aromatic N) is 1. The van der Waals surface area contributed by atoms with Crippen molar-refractivity contribution in [3.8, 4) is 6.07 Å². The molecule has 0 aromatic heterocycles. The molecule has 2 fully saturated rings. The topological polar surface area (TPSA) is 33.0 Å². The van der Waals surface area contributed by atoms with E-state index in [2.05, 4.69) is 37.3 Å². The fourth-order valence-corrected chi connectivity index (χ4v) is 4.73. The second-order valence-electron chi connectivity index (χ2n) is 8.56. The van der Waals surface area contributed by atoms with Crippen LogP contribution in [-0.4, -0.2) is 12.7 Å². The Hall–Kier alpha value is -1.85. The van der Waals surface area contributed by atoms with Crippen LogP contribution in [-0.2, 0) is 11.2 Å². The third kappa shape index (κ3) is 6.35. The van der Waals surface area contributed by atoms with Gasteiger partial charge in [-0.3, -0.25) is 0 Å². The van der Waals surface area contributed by atoms with Crippen LogP contribution in [0.5, 0.6) is 0 Å². The summed E-state index contributed by atoms with van der Waals surface area (Å²) >= 11 is 0. The van der Waals surface area contributed by atoms with Crippen molar-refractivity contribution >= 4 is 0 Å². The average Bonchev–Trinajstić information content (AvgIpc) is 2.76. The molecule has 0 aliphatic heterocycles. The summed E-state index contributed by atoms with van der Waals surface area (Å²) in [4.78, 5) is 0. The van der Waals surface area contributed by atoms with Crippen LogP contribution in [0.2, 0.25) is 0 Å². The van der Waals surface area contributed by atoms with Crippen LogP contribution in [0.1, 0.15) is 75.3 Å². The largest absolute Gasteiger partial charge is 0.378 e. The van der Waals surface area contributed by atoms with Gasteiger partial charge in [-0.1, -0.05) is 49.4 Å². The molecule has 0 N–H and O–H groups in total. The van der Waals surface area contributed by atoms with Crippen LogP contribution in [0.25, 0.3) is 0 Å². The molecule has 3 rings (SSSR count). The number of benzene rings is 1. The van der Waals surface area contributed by atoms with Crippen molar-refractivity contribution in [2.45, 2.75) is 76.7 Å². The van der Waals surface area contributed by atoms with Gasteiger partial charge < -0.3 is 4.74 Å². The lowest BCUT2D eigenvalue weighted by atomic mass is 9.81. The van der Waals surface area contributed by atoms with E-state index < -0.39 is 0 Å². The van der Waals surface area contributed by atoms with E-state index in [-0.39, 0.29) is 0 Å². The van der Waals surface area contributed by atoms with Crippen molar-refractivity contribution in [3.63, 3.8) is 0 Å². The van der Waals surface area contributed by atoms with Gasteiger partial charge in [0.25, 0.3) is 0 Å². The molecular weight excluding hydrogens is 342 g/mol. The summed E-state index contributed by atoms with van der Waals surface area (Å²) in [5, 5.41) is 8.51. The van der Waals surface area contributed by atoms with E-state index >= 15 is 0 Å². The van der Waals surface area contributed by atoms with E-state index in [4.69, 9.17) is 10.00 Å². The zero-order chi connectivity index (χ0) is 19.6. The lowest BCUT2D eigenvalue weighted by molar-refractivity contribution is -0.00337. The molecule has 1 aromatic rings. The first-order valence-corrected chi connectivity index (χ1v) is 11.2. The third-order valence-corrected chi connectivity index (χ3v) is 6.66. The first kappa shape index (κ1) is 20.9. The van der Waals surface area contributed by atoms with Crippen molar-refractivity contribution in [1.29, 1.82) is 5.26 Å². The number of nitriles is 1. The van der Waals surface area contributed by atoms with Crippen molar-refractivity contribution in [2.24, 2.45) is 11.8 Å². The van der Waals surface area contributed by atoms with Crippen LogP contribution in [0.15, 0.2) is 48.6 Å². The monoisotopic (exact) mass is 377 g/mol. The minimum atomic E-state index is 0.472. The second-order valence-corrected chi connectivity index (χ2v) is 8.56. The van der Waals surface area contributed by atoms with Gasteiger partial charge in [0.2, 0.25) is 0 Å². The highest BCUT2D eigenvalue weighted by Crippen LogP contribution is 2.35. The third-order valence-electron chi connectivity index (χ3n) is 6.66. The zero-order valence-electron chi connectivity index (χ0n) is 17.4. The predicted octanol–water partition coefficient (Wildman–Crippen LogP) is 6.73. The minimum Gasteiger partial charge on any atom is -0.378 e. The van der Waals surface area contributed by atoms with Crippen LogP contribution >= 0.6 is 0 Å². The highest BCUT2D eigenvalue weighted by molar-refractivity contribution is 5.25. The SMILES string of the molecule is CCc1ccc([C@H]2CC[C@H](OC[C@H]3CC[C@H](C=CC=CC#N)CC3)CC2)cc1. The second kappa shape index (κ2) is 11.2. The number of rotatable bonds is 7. The quantitative estimate of drug-likeness (QED) is 0.389. The summed E-state index contributed by atoms with van der Waals surface area (Å²) in [6.07, 6.45) is 19.3.